The van der Waals surface area contributed by atoms with Gasteiger partial charge >= 0.3 is 11.9 Å². The molecule has 0 N–H and O–H groups in total. The number of fused-ring (bicyclic) bond motifs is 1. The van der Waals surface area contributed by atoms with Crippen LogP contribution in [-0.2, 0) is 9.53 Å². The highest BCUT2D eigenvalue weighted by Crippen LogP contribution is 2.27. The molecular weight excluding hydrogens is 414 g/mol. The van der Waals surface area contributed by atoms with Crippen molar-refractivity contribution >= 4 is 34.7 Å². The van der Waals surface area contributed by atoms with Crippen LogP contribution in [0.25, 0.3) is 16.8 Å². The number of nitrogens with zero attached hydrogens (tertiary/aromatic N) is 1. The molecule has 0 bridgehead atoms. The number of benzene rings is 4. The van der Waals surface area contributed by atoms with E-state index in [0.29, 0.717) is 22.4 Å². The summed E-state index contributed by atoms with van der Waals surface area (Å²) in [5.74, 6) is -0.456. The zero-order valence-electron chi connectivity index (χ0n) is 17.8. The summed E-state index contributed by atoms with van der Waals surface area (Å²) in [6.45, 7) is 1.98. The third-order valence-corrected chi connectivity index (χ3v) is 5.34. The van der Waals surface area contributed by atoms with Gasteiger partial charge in [0, 0.05) is 11.1 Å². The molecule has 5 heteroatoms. The Bertz CT molecular complexity index is 1440. The summed E-state index contributed by atoms with van der Waals surface area (Å²) in [6, 6.07) is 27.7. The fraction of sp³-hybridized carbons (Fsp3) is 0.0357. The SMILES string of the molecule is Cc1ccc(C2=N/C(=C/c3ccccc3OC(=O)c3cccc4ccccc34)C(=O)O2)cc1. The number of aliphatic imine (C=N–C) groups is 1. The monoisotopic (exact) mass is 433 g/mol. The van der Waals surface area contributed by atoms with E-state index in [0.717, 1.165) is 16.3 Å². The Labute approximate surface area is 190 Å². The molecule has 5 rings (SSSR count). The van der Waals surface area contributed by atoms with Gasteiger partial charge in [0.05, 0.1) is 5.56 Å². The quantitative estimate of drug-likeness (QED) is 0.235. The lowest BCUT2D eigenvalue weighted by Crippen LogP contribution is -2.10. The lowest BCUT2D eigenvalue weighted by molar-refractivity contribution is -0.129. The number of carbonyl (C=O) groups excluding carboxylic acids is 2. The van der Waals surface area contributed by atoms with Gasteiger partial charge in [-0.1, -0.05) is 72.3 Å². The number of hydrogen-bond donors (Lipinski definition) is 0. The van der Waals surface area contributed by atoms with Gasteiger partial charge in [-0.05, 0) is 48.0 Å². The summed E-state index contributed by atoms with van der Waals surface area (Å²) < 4.78 is 11.1. The molecule has 4 aromatic carbocycles. The van der Waals surface area contributed by atoms with Crippen molar-refractivity contribution in [3.05, 3.63) is 119 Å². The molecule has 0 amide bonds. The summed E-state index contributed by atoms with van der Waals surface area (Å²) in [4.78, 5) is 29.8. The first-order valence-corrected chi connectivity index (χ1v) is 10.5. The molecule has 0 atom stereocenters. The third-order valence-electron chi connectivity index (χ3n) is 5.34. The fourth-order valence-corrected chi connectivity index (χ4v) is 3.63. The van der Waals surface area contributed by atoms with E-state index in [1.54, 1.807) is 36.4 Å². The maximum atomic E-state index is 13.0. The summed E-state index contributed by atoms with van der Waals surface area (Å²) in [6.07, 6.45) is 1.56. The summed E-state index contributed by atoms with van der Waals surface area (Å²) in [7, 11) is 0. The van der Waals surface area contributed by atoms with Crippen LogP contribution in [0.15, 0.2) is 102 Å². The largest absolute Gasteiger partial charge is 0.422 e. The van der Waals surface area contributed by atoms with Gasteiger partial charge in [-0.25, -0.2) is 14.6 Å². The molecule has 1 aliphatic heterocycles. The van der Waals surface area contributed by atoms with Crippen LogP contribution in [0.4, 0.5) is 0 Å². The molecule has 0 aliphatic carbocycles. The molecule has 1 heterocycles. The Balaban J connectivity index is 1.45. The first-order chi connectivity index (χ1) is 16.1. The molecule has 0 unspecified atom stereocenters. The molecule has 0 saturated carbocycles. The minimum Gasteiger partial charge on any atom is -0.422 e. The minimum absolute atomic E-state index is 0.138. The number of hydrogen-bond acceptors (Lipinski definition) is 5. The molecule has 4 aromatic rings. The second kappa shape index (κ2) is 8.55. The highest BCUT2D eigenvalue weighted by Gasteiger charge is 2.25. The zero-order valence-corrected chi connectivity index (χ0v) is 17.8. The smallest absolute Gasteiger partial charge is 0.363 e. The van der Waals surface area contributed by atoms with Crippen molar-refractivity contribution in [2.45, 2.75) is 6.92 Å². The van der Waals surface area contributed by atoms with Crippen molar-refractivity contribution in [1.29, 1.82) is 0 Å². The van der Waals surface area contributed by atoms with E-state index in [1.165, 1.54) is 0 Å². The second-order valence-corrected chi connectivity index (χ2v) is 7.66. The lowest BCUT2D eigenvalue weighted by Gasteiger charge is -2.09. The topological polar surface area (TPSA) is 65.0 Å². The summed E-state index contributed by atoms with van der Waals surface area (Å²) in [5.41, 5.74) is 2.97. The lowest BCUT2D eigenvalue weighted by atomic mass is 10.0. The molecule has 0 aromatic heterocycles. The van der Waals surface area contributed by atoms with Crippen LogP contribution in [0.1, 0.15) is 27.0 Å². The molecule has 160 valence electrons. The Morgan fingerprint density at radius 3 is 2.45 bits per heavy atom. The highest BCUT2D eigenvalue weighted by molar-refractivity contribution is 6.13. The third kappa shape index (κ3) is 4.16. The molecule has 1 aliphatic rings. The number of cyclic esters (lactones) is 1. The van der Waals surface area contributed by atoms with Crippen molar-refractivity contribution in [2.75, 3.05) is 0 Å². The van der Waals surface area contributed by atoms with Crippen molar-refractivity contribution in [2.24, 2.45) is 4.99 Å². The standard InChI is InChI=1S/C28H19NO4/c1-18-13-15-20(16-14-18)26-29-24(28(31)33-26)17-21-8-3-5-12-25(21)32-27(30)23-11-6-9-19-7-2-4-10-22(19)23/h2-17H,1H3/b24-17+. The molecule has 0 saturated heterocycles. The zero-order chi connectivity index (χ0) is 22.8. The Morgan fingerprint density at radius 1 is 0.879 bits per heavy atom. The molecular formula is C28H19NO4. The van der Waals surface area contributed by atoms with Crippen LogP contribution in [0, 0.1) is 6.92 Å². The van der Waals surface area contributed by atoms with Crippen LogP contribution in [0.5, 0.6) is 5.75 Å². The van der Waals surface area contributed by atoms with E-state index in [2.05, 4.69) is 4.99 Å². The minimum atomic E-state index is -0.555. The Hall–Kier alpha value is -4.51. The van der Waals surface area contributed by atoms with E-state index in [-0.39, 0.29) is 11.6 Å². The van der Waals surface area contributed by atoms with E-state index in [9.17, 15) is 9.59 Å². The van der Waals surface area contributed by atoms with Gasteiger partial charge in [-0.2, -0.15) is 0 Å². The summed E-state index contributed by atoms with van der Waals surface area (Å²) in [5, 5.41) is 1.77. The van der Waals surface area contributed by atoms with Gasteiger partial charge < -0.3 is 9.47 Å². The van der Waals surface area contributed by atoms with Gasteiger partial charge in [0.25, 0.3) is 0 Å². The van der Waals surface area contributed by atoms with Gasteiger partial charge in [0.2, 0.25) is 5.90 Å². The van der Waals surface area contributed by atoms with E-state index < -0.39 is 11.9 Å². The van der Waals surface area contributed by atoms with Gasteiger partial charge in [0.15, 0.2) is 5.70 Å². The molecule has 0 spiro atoms. The van der Waals surface area contributed by atoms with Crippen LogP contribution in [0.3, 0.4) is 0 Å². The Kier molecular flexibility index (Phi) is 5.29. The number of rotatable bonds is 4. The number of para-hydroxylation sites is 1. The maximum Gasteiger partial charge on any atom is 0.363 e. The van der Waals surface area contributed by atoms with Crippen LogP contribution >= 0.6 is 0 Å². The molecule has 0 fully saturated rings. The predicted octanol–water partition coefficient (Wildman–Crippen LogP) is 5.71. The van der Waals surface area contributed by atoms with E-state index >= 15 is 0 Å². The van der Waals surface area contributed by atoms with Gasteiger partial charge in [-0.3, -0.25) is 0 Å². The number of ether oxygens (including phenoxy) is 2. The van der Waals surface area contributed by atoms with Crippen LogP contribution in [-0.4, -0.2) is 17.8 Å². The first kappa shape index (κ1) is 20.4. The van der Waals surface area contributed by atoms with Crippen molar-refractivity contribution in [3.8, 4) is 5.75 Å². The van der Waals surface area contributed by atoms with Crippen molar-refractivity contribution < 1.29 is 19.1 Å². The summed E-state index contributed by atoms with van der Waals surface area (Å²) >= 11 is 0. The van der Waals surface area contributed by atoms with E-state index in [4.69, 9.17) is 9.47 Å². The van der Waals surface area contributed by atoms with Crippen LogP contribution < -0.4 is 4.74 Å². The molecule has 0 radical (unpaired) electrons. The molecule has 33 heavy (non-hydrogen) atoms. The first-order valence-electron chi connectivity index (χ1n) is 10.5. The second-order valence-electron chi connectivity index (χ2n) is 7.66. The predicted molar refractivity (Wildman–Crippen MR) is 127 cm³/mol. The van der Waals surface area contributed by atoms with Gasteiger partial charge in [-0.15, -0.1) is 0 Å². The van der Waals surface area contributed by atoms with E-state index in [1.807, 2.05) is 67.6 Å². The average Bonchev–Trinajstić information content (AvgIpc) is 3.20. The number of carbonyl (C=O) groups is 2. The average molecular weight is 433 g/mol. The fourth-order valence-electron chi connectivity index (χ4n) is 3.63. The highest BCUT2D eigenvalue weighted by atomic mass is 16.6. The van der Waals surface area contributed by atoms with Crippen molar-refractivity contribution in [1.82, 2.24) is 0 Å². The van der Waals surface area contributed by atoms with Crippen LogP contribution in [0.2, 0.25) is 0 Å². The number of esters is 2. The van der Waals surface area contributed by atoms with Gasteiger partial charge in [0.1, 0.15) is 5.75 Å². The number of aryl methyl sites for hydroxylation is 1. The van der Waals surface area contributed by atoms with Crippen molar-refractivity contribution in [3.63, 3.8) is 0 Å². The maximum absolute atomic E-state index is 13.0. The molecule has 5 nitrogen and oxygen atoms in total. The normalized spacial score (nSPS) is 14.3. The Morgan fingerprint density at radius 2 is 1.61 bits per heavy atom.